The molecule has 0 aliphatic carbocycles. The first-order valence-corrected chi connectivity index (χ1v) is 3.87. The molecule has 4 amide bonds. The molecular weight excluding hydrogens is 226 g/mol. The van der Waals surface area contributed by atoms with Crippen LogP contribution in [0.2, 0.25) is 0 Å². The first-order valence-electron chi connectivity index (χ1n) is 3.87. The number of carbonyl (C=O) groups is 3. The third-order valence-corrected chi connectivity index (χ3v) is 1.04. The van der Waals surface area contributed by atoms with Crippen molar-refractivity contribution in [1.29, 1.82) is 0 Å². The molecule has 0 fully saturated rings. The smallest absolute Gasteiger partial charge is 0.330 e. The van der Waals surface area contributed by atoms with Crippen molar-refractivity contribution >= 4 is 30.3 Å². The maximum absolute atomic E-state index is 10.8. The number of hydrogen-bond donors (Lipinski definition) is 5. The van der Waals surface area contributed by atoms with Crippen LogP contribution in [0.15, 0.2) is 0 Å². The average Bonchev–Trinajstić information content (AvgIpc) is 2.12. The highest BCUT2D eigenvalue weighted by Gasteiger charge is 2.02. The minimum absolute atomic E-state index is 0. The second-order valence-electron chi connectivity index (χ2n) is 2.35. The molecule has 0 spiro atoms. The Morgan fingerprint density at radius 2 is 1.60 bits per heavy atom. The number of hydrogen-bond acceptors (Lipinski definition) is 4. The maximum Gasteiger partial charge on any atom is 0.352 e. The van der Waals surface area contributed by atoms with E-state index < -0.39 is 17.8 Å². The Bertz CT molecular complexity index is 235. The summed E-state index contributed by atoms with van der Waals surface area (Å²) in [5, 5.41) is 0. The standard InChI is InChI=1S/C6H13N5O3.ClH/c1-4(12)8-10-6(14)11-9-5(13)2-3-7;/h2-3,7H2,1H3,(H,8,12)(H,9,13)(H2,10,11,14);1H. The summed E-state index contributed by atoms with van der Waals surface area (Å²) in [7, 11) is 0. The van der Waals surface area contributed by atoms with Crippen LogP contribution in [-0.2, 0) is 9.59 Å². The van der Waals surface area contributed by atoms with E-state index in [1.165, 1.54) is 6.92 Å². The zero-order valence-corrected chi connectivity index (χ0v) is 8.94. The molecule has 88 valence electrons. The van der Waals surface area contributed by atoms with Gasteiger partial charge >= 0.3 is 6.03 Å². The first-order chi connectivity index (χ1) is 6.56. The highest BCUT2D eigenvalue weighted by atomic mass is 35.5. The number of rotatable bonds is 2. The van der Waals surface area contributed by atoms with Crippen molar-refractivity contribution in [2.45, 2.75) is 13.3 Å². The van der Waals surface area contributed by atoms with E-state index in [2.05, 4.69) is 5.43 Å². The maximum atomic E-state index is 10.8. The predicted octanol–water partition coefficient (Wildman–Crippen LogP) is -1.86. The Kier molecular flexibility index (Phi) is 9.58. The van der Waals surface area contributed by atoms with E-state index in [1.807, 2.05) is 16.3 Å². The van der Waals surface area contributed by atoms with Gasteiger partial charge < -0.3 is 5.73 Å². The molecule has 15 heavy (non-hydrogen) atoms. The van der Waals surface area contributed by atoms with E-state index in [-0.39, 0.29) is 25.4 Å². The monoisotopic (exact) mass is 239 g/mol. The number of carbonyl (C=O) groups excluding carboxylic acids is 3. The number of hydrazine groups is 2. The SMILES string of the molecule is CC(=O)NNC(=O)NNC(=O)CCN.Cl. The lowest BCUT2D eigenvalue weighted by Crippen LogP contribution is -2.52. The molecule has 8 nitrogen and oxygen atoms in total. The summed E-state index contributed by atoms with van der Waals surface area (Å²) in [6, 6.07) is -0.745. The largest absolute Gasteiger partial charge is 0.352 e. The van der Waals surface area contributed by atoms with Gasteiger partial charge in [0.2, 0.25) is 11.8 Å². The van der Waals surface area contributed by atoms with Crippen LogP contribution in [0.3, 0.4) is 0 Å². The van der Waals surface area contributed by atoms with E-state index in [0.717, 1.165) is 0 Å². The Morgan fingerprint density at radius 1 is 1.07 bits per heavy atom. The Labute approximate surface area is 92.7 Å². The van der Waals surface area contributed by atoms with Gasteiger partial charge in [0, 0.05) is 19.9 Å². The molecule has 0 aliphatic heterocycles. The van der Waals surface area contributed by atoms with Crippen molar-refractivity contribution in [3.63, 3.8) is 0 Å². The Morgan fingerprint density at radius 3 is 2.07 bits per heavy atom. The zero-order valence-electron chi connectivity index (χ0n) is 8.12. The fourth-order valence-electron chi connectivity index (χ4n) is 0.496. The lowest BCUT2D eigenvalue weighted by molar-refractivity contribution is -0.121. The molecule has 0 unspecified atom stereocenters. The molecule has 0 saturated carbocycles. The summed E-state index contributed by atoms with van der Waals surface area (Å²) in [5.74, 6) is -0.834. The van der Waals surface area contributed by atoms with Crippen molar-refractivity contribution in [3.05, 3.63) is 0 Å². The van der Waals surface area contributed by atoms with Gasteiger partial charge in [-0.2, -0.15) is 0 Å². The van der Waals surface area contributed by atoms with Gasteiger partial charge in [0.05, 0.1) is 0 Å². The highest BCUT2D eigenvalue weighted by molar-refractivity contribution is 5.85. The zero-order chi connectivity index (χ0) is 11.0. The summed E-state index contributed by atoms with van der Waals surface area (Å²) in [4.78, 5) is 31.9. The van der Waals surface area contributed by atoms with Crippen molar-refractivity contribution in [2.75, 3.05) is 6.54 Å². The lowest BCUT2D eigenvalue weighted by atomic mass is 10.4. The van der Waals surface area contributed by atoms with Crippen LogP contribution >= 0.6 is 12.4 Å². The topological polar surface area (TPSA) is 125 Å². The van der Waals surface area contributed by atoms with Crippen LogP contribution < -0.4 is 27.4 Å². The number of nitrogens with one attached hydrogen (secondary N) is 4. The molecule has 0 atom stereocenters. The predicted molar refractivity (Wildman–Crippen MR) is 54.5 cm³/mol. The summed E-state index contributed by atoms with van der Waals surface area (Å²) >= 11 is 0. The molecule has 0 bridgehead atoms. The van der Waals surface area contributed by atoms with Crippen molar-refractivity contribution in [1.82, 2.24) is 21.7 Å². The molecule has 0 aromatic heterocycles. The van der Waals surface area contributed by atoms with Crippen molar-refractivity contribution < 1.29 is 14.4 Å². The quantitative estimate of drug-likeness (QED) is 0.362. The summed E-state index contributed by atoms with van der Waals surface area (Å²) < 4.78 is 0. The third-order valence-electron chi connectivity index (χ3n) is 1.04. The summed E-state index contributed by atoms with van der Waals surface area (Å²) in [6.07, 6.45) is 0.112. The van der Waals surface area contributed by atoms with Crippen molar-refractivity contribution in [3.8, 4) is 0 Å². The lowest BCUT2D eigenvalue weighted by Gasteiger charge is -2.07. The van der Waals surface area contributed by atoms with Gasteiger partial charge in [0.1, 0.15) is 0 Å². The van der Waals surface area contributed by atoms with E-state index in [1.54, 1.807) is 0 Å². The molecule has 0 heterocycles. The number of nitrogens with two attached hydrogens (primary N) is 1. The number of halogens is 1. The second-order valence-corrected chi connectivity index (χ2v) is 2.35. The van der Waals surface area contributed by atoms with Crippen LogP contribution in [0.4, 0.5) is 4.79 Å². The Hall–Kier alpha value is -1.54. The minimum atomic E-state index is -0.745. The van der Waals surface area contributed by atoms with Crippen LogP contribution in [0.25, 0.3) is 0 Å². The molecular formula is C6H14ClN5O3. The fourth-order valence-corrected chi connectivity index (χ4v) is 0.496. The number of urea groups is 1. The van der Waals surface area contributed by atoms with Gasteiger partial charge in [-0.05, 0) is 0 Å². The molecule has 0 rings (SSSR count). The van der Waals surface area contributed by atoms with Crippen LogP contribution in [0.1, 0.15) is 13.3 Å². The van der Waals surface area contributed by atoms with Crippen molar-refractivity contribution in [2.24, 2.45) is 5.73 Å². The van der Waals surface area contributed by atoms with E-state index in [0.29, 0.717) is 0 Å². The minimum Gasteiger partial charge on any atom is -0.330 e. The molecule has 9 heteroatoms. The molecule has 0 aliphatic rings. The van der Waals surface area contributed by atoms with Gasteiger partial charge in [-0.1, -0.05) is 0 Å². The number of amides is 4. The molecule has 0 aromatic rings. The van der Waals surface area contributed by atoms with Crippen LogP contribution in [-0.4, -0.2) is 24.4 Å². The normalized spacial score (nSPS) is 8.13. The molecule has 0 saturated heterocycles. The molecule has 0 aromatic carbocycles. The van der Waals surface area contributed by atoms with Gasteiger partial charge in [0.15, 0.2) is 0 Å². The average molecular weight is 240 g/mol. The second kappa shape index (κ2) is 9.03. The third kappa shape index (κ3) is 10.4. The van der Waals surface area contributed by atoms with Gasteiger partial charge in [-0.25, -0.2) is 15.6 Å². The fraction of sp³-hybridized carbons (Fsp3) is 0.500. The molecule has 6 N–H and O–H groups in total. The summed E-state index contributed by atoms with van der Waals surface area (Å²) in [5.41, 5.74) is 13.2. The highest BCUT2D eigenvalue weighted by Crippen LogP contribution is 1.70. The van der Waals surface area contributed by atoms with Crippen LogP contribution in [0, 0.1) is 0 Å². The van der Waals surface area contributed by atoms with E-state index >= 15 is 0 Å². The van der Waals surface area contributed by atoms with Crippen LogP contribution in [0.5, 0.6) is 0 Å². The van der Waals surface area contributed by atoms with E-state index in [9.17, 15) is 14.4 Å². The van der Waals surface area contributed by atoms with E-state index in [4.69, 9.17) is 5.73 Å². The summed E-state index contributed by atoms with van der Waals surface area (Å²) in [6.45, 7) is 1.42. The van der Waals surface area contributed by atoms with Gasteiger partial charge in [-0.3, -0.25) is 20.4 Å². The molecule has 0 radical (unpaired) electrons. The van der Waals surface area contributed by atoms with Gasteiger partial charge in [-0.15, -0.1) is 12.4 Å². The van der Waals surface area contributed by atoms with Gasteiger partial charge in [0.25, 0.3) is 0 Å². The Balaban J connectivity index is 0. The first kappa shape index (κ1) is 15.9.